The number of benzene rings is 2. The summed E-state index contributed by atoms with van der Waals surface area (Å²) in [5.74, 6) is 0.686. The molecule has 2 aromatic carbocycles. The van der Waals surface area contributed by atoms with Crippen LogP contribution < -0.4 is 5.32 Å². The van der Waals surface area contributed by atoms with Crippen LogP contribution in [0.4, 0.5) is 11.4 Å². The van der Waals surface area contributed by atoms with Crippen LogP contribution >= 0.6 is 23.4 Å². The number of carbonyl (C=O) groups excluding carboxylic acids is 1. The average Bonchev–Trinajstić information content (AvgIpc) is 2.50. The standard InChI is InChI=1S/C16H15ClN2O3S/c1-2-23-15-8-5-12(17)10-14(15)18-16(20)9-11-3-6-13(7-4-11)19(21)22/h3-8,10H,2,9H2,1H3,(H,18,20). The van der Waals surface area contributed by atoms with Gasteiger partial charge in [-0.15, -0.1) is 11.8 Å². The predicted octanol–water partition coefficient (Wildman–Crippen LogP) is 4.54. The highest BCUT2D eigenvalue weighted by Crippen LogP contribution is 2.30. The molecule has 0 unspecified atom stereocenters. The van der Waals surface area contributed by atoms with Gasteiger partial charge in [-0.25, -0.2) is 0 Å². The molecule has 2 aromatic rings. The summed E-state index contributed by atoms with van der Waals surface area (Å²) in [5, 5.41) is 14.0. The van der Waals surface area contributed by atoms with Crippen LogP contribution in [0.2, 0.25) is 5.02 Å². The predicted molar refractivity (Wildman–Crippen MR) is 93.3 cm³/mol. The summed E-state index contributed by atoms with van der Waals surface area (Å²) in [5.41, 5.74) is 1.39. The third-order valence-corrected chi connectivity index (χ3v) is 4.22. The quantitative estimate of drug-likeness (QED) is 0.471. The maximum Gasteiger partial charge on any atom is 0.269 e. The highest BCUT2D eigenvalue weighted by atomic mass is 35.5. The molecule has 0 spiro atoms. The molecule has 2 rings (SSSR count). The van der Waals surface area contributed by atoms with Gasteiger partial charge in [-0.1, -0.05) is 30.7 Å². The average molecular weight is 351 g/mol. The Labute approximate surface area is 143 Å². The molecule has 120 valence electrons. The molecule has 7 heteroatoms. The molecule has 0 aliphatic rings. The molecule has 0 radical (unpaired) electrons. The van der Waals surface area contributed by atoms with Gasteiger partial charge in [0.25, 0.3) is 5.69 Å². The van der Waals surface area contributed by atoms with Crippen molar-refractivity contribution in [2.75, 3.05) is 11.1 Å². The second kappa shape index (κ2) is 7.99. The van der Waals surface area contributed by atoms with E-state index in [0.717, 1.165) is 10.6 Å². The minimum absolute atomic E-state index is 0.00521. The number of nitrogens with zero attached hydrogens (tertiary/aromatic N) is 1. The number of nitro groups is 1. The third kappa shape index (κ3) is 4.97. The van der Waals surface area contributed by atoms with Crippen molar-refractivity contribution in [3.63, 3.8) is 0 Å². The fraction of sp³-hybridized carbons (Fsp3) is 0.188. The molecule has 0 aromatic heterocycles. The Hall–Kier alpha value is -2.05. The molecule has 0 saturated carbocycles. The van der Waals surface area contributed by atoms with Crippen LogP contribution in [0.5, 0.6) is 0 Å². The van der Waals surface area contributed by atoms with E-state index in [4.69, 9.17) is 11.6 Å². The van der Waals surface area contributed by atoms with Gasteiger partial charge in [-0.3, -0.25) is 14.9 Å². The molecule has 0 heterocycles. The van der Waals surface area contributed by atoms with E-state index < -0.39 is 4.92 Å². The first-order valence-corrected chi connectivity index (χ1v) is 8.31. The first kappa shape index (κ1) is 17.3. The van der Waals surface area contributed by atoms with Crippen LogP contribution in [0.1, 0.15) is 12.5 Å². The van der Waals surface area contributed by atoms with E-state index in [1.165, 1.54) is 12.1 Å². The molecule has 0 aliphatic carbocycles. The molecule has 0 atom stereocenters. The normalized spacial score (nSPS) is 10.3. The Balaban J connectivity index is 2.07. The zero-order chi connectivity index (χ0) is 16.8. The Bertz CT molecular complexity index is 720. The van der Waals surface area contributed by atoms with Gasteiger partial charge in [0.15, 0.2) is 0 Å². The summed E-state index contributed by atoms with van der Waals surface area (Å²) < 4.78 is 0. The highest BCUT2D eigenvalue weighted by molar-refractivity contribution is 7.99. The number of thioether (sulfide) groups is 1. The summed E-state index contributed by atoms with van der Waals surface area (Å²) in [6.45, 7) is 2.03. The van der Waals surface area contributed by atoms with Crippen LogP contribution in [0.25, 0.3) is 0 Å². The second-order valence-corrected chi connectivity index (χ2v) is 6.46. The summed E-state index contributed by atoms with van der Waals surface area (Å²) >= 11 is 7.60. The number of rotatable bonds is 6. The van der Waals surface area contributed by atoms with Crippen molar-refractivity contribution in [2.24, 2.45) is 0 Å². The van der Waals surface area contributed by atoms with E-state index in [2.05, 4.69) is 5.32 Å². The number of nitrogens with one attached hydrogen (secondary N) is 1. The van der Waals surface area contributed by atoms with Gasteiger partial charge in [0.05, 0.1) is 17.0 Å². The van der Waals surface area contributed by atoms with Crippen LogP contribution in [-0.4, -0.2) is 16.6 Å². The summed E-state index contributed by atoms with van der Waals surface area (Å²) in [6, 6.07) is 11.3. The molecule has 1 N–H and O–H groups in total. The maximum atomic E-state index is 12.2. The van der Waals surface area contributed by atoms with Gasteiger partial charge in [0.2, 0.25) is 5.91 Å². The van der Waals surface area contributed by atoms with Gasteiger partial charge in [0, 0.05) is 22.1 Å². The minimum Gasteiger partial charge on any atom is -0.325 e. The summed E-state index contributed by atoms with van der Waals surface area (Å²) in [4.78, 5) is 23.3. The minimum atomic E-state index is -0.468. The van der Waals surface area contributed by atoms with Gasteiger partial charge in [-0.05, 0) is 29.5 Å². The largest absolute Gasteiger partial charge is 0.325 e. The molecular weight excluding hydrogens is 336 g/mol. The number of halogens is 1. The Kier molecular flexibility index (Phi) is 6.01. The molecule has 1 amide bonds. The lowest BCUT2D eigenvalue weighted by molar-refractivity contribution is -0.384. The SMILES string of the molecule is CCSc1ccc(Cl)cc1NC(=O)Cc1ccc([N+](=O)[O-])cc1. The van der Waals surface area contributed by atoms with E-state index >= 15 is 0 Å². The van der Waals surface area contributed by atoms with E-state index in [1.54, 1.807) is 36.0 Å². The second-order valence-electron chi connectivity index (χ2n) is 4.72. The molecule has 0 bridgehead atoms. The number of non-ortho nitro benzene ring substituents is 1. The smallest absolute Gasteiger partial charge is 0.269 e. The monoisotopic (exact) mass is 350 g/mol. The Morgan fingerprint density at radius 3 is 2.57 bits per heavy atom. The number of hydrogen-bond donors (Lipinski definition) is 1. The fourth-order valence-corrected chi connectivity index (χ4v) is 2.91. The maximum absolute atomic E-state index is 12.2. The molecule has 0 aliphatic heterocycles. The molecule has 5 nitrogen and oxygen atoms in total. The zero-order valence-corrected chi connectivity index (χ0v) is 14.0. The number of amides is 1. The van der Waals surface area contributed by atoms with Crippen molar-refractivity contribution in [1.29, 1.82) is 0 Å². The van der Waals surface area contributed by atoms with Crippen molar-refractivity contribution in [3.05, 3.63) is 63.2 Å². The molecule has 23 heavy (non-hydrogen) atoms. The van der Waals surface area contributed by atoms with Crippen LogP contribution in [0.3, 0.4) is 0 Å². The van der Waals surface area contributed by atoms with Crippen molar-refractivity contribution in [3.8, 4) is 0 Å². The van der Waals surface area contributed by atoms with Crippen LogP contribution in [0.15, 0.2) is 47.4 Å². The first-order valence-electron chi connectivity index (χ1n) is 6.95. The first-order chi connectivity index (χ1) is 11.0. The van der Waals surface area contributed by atoms with Crippen molar-refractivity contribution in [1.82, 2.24) is 0 Å². The van der Waals surface area contributed by atoms with Gasteiger partial charge >= 0.3 is 0 Å². The van der Waals surface area contributed by atoms with Gasteiger partial charge < -0.3 is 5.32 Å². The number of carbonyl (C=O) groups is 1. The number of nitro benzene ring substituents is 1. The van der Waals surface area contributed by atoms with Crippen molar-refractivity contribution < 1.29 is 9.72 Å². The number of hydrogen-bond acceptors (Lipinski definition) is 4. The lowest BCUT2D eigenvalue weighted by Gasteiger charge is -2.11. The van der Waals surface area contributed by atoms with Crippen molar-refractivity contribution in [2.45, 2.75) is 18.2 Å². The lowest BCUT2D eigenvalue weighted by Crippen LogP contribution is -2.15. The topological polar surface area (TPSA) is 72.2 Å². The van der Waals surface area contributed by atoms with Gasteiger partial charge in [0.1, 0.15) is 0 Å². The Morgan fingerprint density at radius 2 is 1.96 bits per heavy atom. The molecule has 0 saturated heterocycles. The van der Waals surface area contributed by atoms with E-state index in [0.29, 0.717) is 16.3 Å². The third-order valence-electron chi connectivity index (χ3n) is 3.03. The molecule has 0 fully saturated rings. The summed E-state index contributed by atoms with van der Waals surface area (Å²) in [6.07, 6.45) is 0.140. The van der Waals surface area contributed by atoms with E-state index in [9.17, 15) is 14.9 Å². The van der Waals surface area contributed by atoms with E-state index in [1.807, 2.05) is 13.0 Å². The fourth-order valence-electron chi connectivity index (χ4n) is 2.00. The molecular formula is C16H15ClN2O3S. The highest BCUT2D eigenvalue weighted by Gasteiger charge is 2.10. The van der Waals surface area contributed by atoms with Crippen LogP contribution in [-0.2, 0) is 11.2 Å². The van der Waals surface area contributed by atoms with E-state index in [-0.39, 0.29) is 18.0 Å². The Morgan fingerprint density at radius 1 is 1.26 bits per heavy atom. The lowest BCUT2D eigenvalue weighted by atomic mass is 10.1. The zero-order valence-electron chi connectivity index (χ0n) is 12.4. The van der Waals surface area contributed by atoms with Gasteiger partial charge in [-0.2, -0.15) is 0 Å². The summed E-state index contributed by atoms with van der Waals surface area (Å²) in [7, 11) is 0. The van der Waals surface area contributed by atoms with Crippen LogP contribution in [0, 0.1) is 10.1 Å². The van der Waals surface area contributed by atoms with Crippen molar-refractivity contribution >= 4 is 40.6 Å². The number of anilines is 1.